The number of ether oxygens (including phenoxy) is 4. The van der Waals surface area contributed by atoms with E-state index >= 15 is 0 Å². The lowest BCUT2D eigenvalue weighted by Gasteiger charge is -2.18. The normalized spacial score (nSPS) is 10.4. The van der Waals surface area contributed by atoms with Crippen molar-refractivity contribution in [3.05, 3.63) is 120 Å². The van der Waals surface area contributed by atoms with Gasteiger partial charge in [0.05, 0.1) is 7.11 Å². The summed E-state index contributed by atoms with van der Waals surface area (Å²) in [5.74, 6) is 2.35. The lowest BCUT2D eigenvalue weighted by molar-refractivity contribution is 0.228. The molecule has 0 saturated heterocycles. The first-order chi connectivity index (χ1) is 15.8. The third kappa shape index (κ3) is 5.82. The smallest absolute Gasteiger partial charge is 0.204 e. The van der Waals surface area contributed by atoms with Crippen molar-refractivity contribution in [3.8, 4) is 23.0 Å². The van der Waals surface area contributed by atoms with Crippen molar-refractivity contribution in [1.29, 1.82) is 0 Å². The summed E-state index contributed by atoms with van der Waals surface area (Å²) in [5, 5.41) is 0. The van der Waals surface area contributed by atoms with Crippen LogP contribution in [0.3, 0.4) is 0 Å². The summed E-state index contributed by atoms with van der Waals surface area (Å²) in [6.07, 6.45) is 0. The average molecular weight is 427 g/mol. The highest BCUT2D eigenvalue weighted by Gasteiger charge is 2.17. The zero-order valence-electron chi connectivity index (χ0n) is 18.1. The van der Waals surface area contributed by atoms with Crippen LogP contribution in [0.25, 0.3) is 0 Å². The van der Waals surface area contributed by atoms with Crippen molar-refractivity contribution in [1.82, 2.24) is 0 Å². The molecular weight excluding hydrogens is 400 g/mol. The van der Waals surface area contributed by atoms with Crippen molar-refractivity contribution in [2.45, 2.75) is 19.8 Å². The van der Waals surface area contributed by atoms with Crippen LogP contribution in [0.1, 0.15) is 16.7 Å². The van der Waals surface area contributed by atoms with E-state index in [0.29, 0.717) is 42.8 Å². The molecule has 4 nitrogen and oxygen atoms in total. The number of benzene rings is 4. The van der Waals surface area contributed by atoms with Gasteiger partial charge in [-0.2, -0.15) is 0 Å². The summed E-state index contributed by atoms with van der Waals surface area (Å²) in [5.41, 5.74) is 3.19. The molecule has 0 bridgehead atoms. The first-order valence-electron chi connectivity index (χ1n) is 10.5. The van der Waals surface area contributed by atoms with Gasteiger partial charge in [0.25, 0.3) is 0 Å². The highest BCUT2D eigenvalue weighted by molar-refractivity contribution is 5.56. The molecule has 4 aromatic carbocycles. The van der Waals surface area contributed by atoms with Crippen LogP contribution in [-0.4, -0.2) is 7.11 Å². The van der Waals surface area contributed by atoms with E-state index in [1.54, 1.807) is 7.11 Å². The van der Waals surface area contributed by atoms with Crippen LogP contribution in [0.2, 0.25) is 0 Å². The molecule has 0 aliphatic heterocycles. The molecule has 4 heteroatoms. The maximum atomic E-state index is 6.23. The van der Waals surface area contributed by atoms with Gasteiger partial charge in [-0.15, -0.1) is 0 Å². The number of rotatable bonds is 10. The quantitative estimate of drug-likeness (QED) is 0.293. The fraction of sp³-hybridized carbons (Fsp3) is 0.143. The van der Waals surface area contributed by atoms with Gasteiger partial charge < -0.3 is 18.9 Å². The Morgan fingerprint density at radius 2 is 0.875 bits per heavy atom. The van der Waals surface area contributed by atoms with Gasteiger partial charge in [0.2, 0.25) is 5.75 Å². The van der Waals surface area contributed by atoms with E-state index in [1.165, 1.54) is 0 Å². The van der Waals surface area contributed by atoms with Crippen molar-refractivity contribution in [2.24, 2.45) is 0 Å². The molecule has 162 valence electrons. The molecule has 0 aliphatic rings. The Hall–Kier alpha value is -3.92. The van der Waals surface area contributed by atoms with Gasteiger partial charge in [0.1, 0.15) is 25.6 Å². The van der Waals surface area contributed by atoms with Crippen molar-refractivity contribution >= 4 is 0 Å². The predicted octanol–water partition coefficient (Wildman–Crippen LogP) is 6.43. The van der Waals surface area contributed by atoms with Crippen LogP contribution in [0.15, 0.2) is 103 Å². The Kier molecular flexibility index (Phi) is 7.27. The Bertz CT molecular complexity index is 1030. The van der Waals surface area contributed by atoms with Crippen LogP contribution in [-0.2, 0) is 19.8 Å². The first-order valence-corrected chi connectivity index (χ1v) is 10.5. The van der Waals surface area contributed by atoms with E-state index in [0.717, 1.165) is 16.7 Å². The van der Waals surface area contributed by atoms with Crippen LogP contribution < -0.4 is 18.9 Å². The minimum Gasteiger partial charge on any atom is -0.496 e. The second-order valence-corrected chi connectivity index (χ2v) is 7.28. The van der Waals surface area contributed by atoms with Gasteiger partial charge in [-0.25, -0.2) is 0 Å². The fourth-order valence-electron chi connectivity index (χ4n) is 3.23. The minimum absolute atomic E-state index is 0.399. The second-order valence-electron chi connectivity index (χ2n) is 7.28. The summed E-state index contributed by atoms with van der Waals surface area (Å²) in [6, 6.07) is 33.7. The third-order valence-corrected chi connectivity index (χ3v) is 4.93. The lowest BCUT2D eigenvalue weighted by Crippen LogP contribution is -2.04. The van der Waals surface area contributed by atoms with Crippen molar-refractivity contribution in [3.63, 3.8) is 0 Å². The van der Waals surface area contributed by atoms with E-state index < -0.39 is 0 Å². The van der Waals surface area contributed by atoms with Gasteiger partial charge in [0, 0.05) is 12.1 Å². The van der Waals surface area contributed by atoms with Gasteiger partial charge in [-0.1, -0.05) is 91.0 Å². The largest absolute Gasteiger partial charge is 0.496 e. The zero-order chi connectivity index (χ0) is 22.0. The molecule has 0 aromatic heterocycles. The first kappa shape index (κ1) is 21.3. The summed E-state index contributed by atoms with van der Waals surface area (Å²) < 4.78 is 24.1. The minimum atomic E-state index is 0.399. The van der Waals surface area contributed by atoms with Crippen LogP contribution >= 0.6 is 0 Å². The summed E-state index contributed by atoms with van der Waals surface area (Å²) in [4.78, 5) is 0. The van der Waals surface area contributed by atoms with E-state index in [2.05, 4.69) is 0 Å². The standard InChI is InChI=1S/C28H26O4/c1-29-25-17-26(30-19-22-11-5-2-6-12-22)28(32-21-24-15-9-4-10-16-24)27(18-25)31-20-23-13-7-3-8-14-23/h2-18H,19-21H2,1H3. The Labute approximate surface area is 189 Å². The molecule has 0 spiro atoms. The molecule has 0 unspecified atom stereocenters. The SMILES string of the molecule is COc1cc(OCc2ccccc2)c(OCc2ccccc2)c(OCc2ccccc2)c1. The van der Waals surface area contributed by atoms with E-state index in [1.807, 2.05) is 103 Å². The maximum Gasteiger partial charge on any atom is 0.204 e. The van der Waals surface area contributed by atoms with Gasteiger partial charge in [-0.3, -0.25) is 0 Å². The summed E-state index contributed by atoms with van der Waals surface area (Å²) in [7, 11) is 1.63. The van der Waals surface area contributed by atoms with Gasteiger partial charge in [-0.05, 0) is 16.7 Å². The maximum absolute atomic E-state index is 6.23. The highest BCUT2D eigenvalue weighted by Crippen LogP contribution is 2.42. The van der Waals surface area contributed by atoms with Gasteiger partial charge >= 0.3 is 0 Å². The third-order valence-electron chi connectivity index (χ3n) is 4.93. The molecule has 0 aliphatic carbocycles. The molecule has 0 atom stereocenters. The predicted molar refractivity (Wildman–Crippen MR) is 125 cm³/mol. The number of hydrogen-bond donors (Lipinski definition) is 0. The highest BCUT2D eigenvalue weighted by atomic mass is 16.5. The molecule has 4 aromatic rings. The fourth-order valence-corrected chi connectivity index (χ4v) is 3.23. The Morgan fingerprint density at radius 1 is 0.500 bits per heavy atom. The van der Waals surface area contributed by atoms with E-state index in [9.17, 15) is 0 Å². The number of hydrogen-bond acceptors (Lipinski definition) is 4. The molecule has 0 N–H and O–H groups in total. The zero-order valence-corrected chi connectivity index (χ0v) is 18.1. The topological polar surface area (TPSA) is 36.9 Å². The summed E-state index contributed by atoms with van der Waals surface area (Å²) >= 11 is 0. The molecule has 4 rings (SSSR count). The molecule has 0 saturated carbocycles. The Morgan fingerprint density at radius 3 is 1.25 bits per heavy atom. The molecule has 0 amide bonds. The monoisotopic (exact) mass is 426 g/mol. The molecule has 32 heavy (non-hydrogen) atoms. The molecule has 0 fully saturated rings. The Balaban J connectivity index is 1.61. The molecule has 0 heterocycles. The van der Waals surface area contributed by atoms with E-state index in [4.69, 9.17) is 18.9 Å². The van der Waals surface area contributed by atoms with Crippen molar-refractivity contribution < 1.29 is 18.9 Å². The van der Waals surface area contributed by atoms with Crippen molar-refractivity contribution in [2.75, 3.05) is 7.11 Å². The van der Waals surface area contributed by atoms with Crippen LogP contribution in [0, 0.1) is 0 Å². The number of methoxy groups -OCH3 is 1. The van der Waals surface area contributed by atoms with E-state index in [-0.39, 0.29) is 0 Å². The lowest BCUT2D eigenvalue weighted by atomic mass is 10.2. The van der Waals surface area contributed by atoms with Crippen LogP contribution in [0.5, 0.6) is 23.0 Å². The molecular formula is C28H26O4. The average Bonchev–Trinajstić information content (AvgIpc) is 2.87. The second kappa shape index (κ2) is 10.9. The molecule has 0 radical (unpaired) electrons. The van der Waals surface area contributed by atoms with Crippen LogP contribution in [0.4, 0.5) is 0 Å². The summed E-state index contributed by atoms with van der Waals surface area (Å²) in [6.45, 7) is 1.22. The van der Waals surface area contributed by atoms with Gasteiger partial charge in [0.15, 0.2) is 11.5 Å².